The van der Waals surface area contributed by atoms with Gasteiger partial charge in [0, 0.05) is 12.8 Å². The third-order valence-electron chi connectivity index (χ3n) is 4.42. The average molecular weight is 376 g/mol. The number of carbonyl (C=O) groups excluding carboxylic acids is 3. The highest BCUT2D eigenvalue weighted by Gasteiger charge is 2.21. The number of hydrogen-bond donors (Lipinski definition) is 2. The summed E-state index contributed by atoms with van der Waals surface area (Å²) in [6.07, 6.45) is 4.73. The topological polar surface area (TPSA) is 84.5 Å². The summed E-state index contributed by atoms with van der Waals surface area (Å²) in [6.45, 7) is 4.01. The first kappa shape index (κ1) is 22.7. The van der Waals surface area contributed by atoms with E-state index in [9.17, 15) is 14.4 Å². The lowest BCUT2D eigenvalue weighted by Crippen LogP contribution is -2.41. The molecule has 0 bridgehead atoms. The monoisotopic (exact) mass is 376 g/mol. The number of rotatable bonds is 12. The van der Waals surface area contributed by atoms with E-state index in [1.165, 1.54) is 7.11 Å². The van der Waals surface area contributed by atoms with Crippen LogP contribution in [0, 0.1) is 0 Å². The molecule has 1 aromatic carbocycles. The normalized spacial score (nSPS) is 12.7. The zero-order chi connectivity index (χ0) is 20.1. The largest absolute Gasteiger partial charge is 0.467 e. The Hall–Kier alpha value is -2.37. The van der Waals surface area contributed by atoms with Gasteiger partial charge in [-0.25, -0.2) is 4.79 Å². The molecule has 6 heteroatoms. The molecule has 0 radical (unpaired) electrons. The summed E-state index contributed by atoms with van der Waals surface area (Å²) in [7, 11) is 1.31. The molecule has 2 amide bonds. The van der Waals surface area contributed by atoms with Crippen LogP contribution in [0.3, 0.4) is 0 Å². The number of nitrogens with one attached hydrogen (secondary N) is 2. The number of benzene rings is 1. The van der Waals surface area contributed by atoms with Crippen molar-refractivity contribution in [1.29, 1.82) is 0 Å². The number of esters is 1. The highest BCUT2D eigenvalue weighted by Crippen LogP contribution is 2.11. The van der Waals surface area contributed by atoms with Crippen molar-refractivity contribution < 1.29 is 19.1 Å². The Kier molecular flexibility index (Phi) is 10.8. The van der Waals surface area contributed by atoms with E-state index < -0.39 is 12.0 Å². The van der Waals surface area contributed by atoms with E-state index >= 15 is 0 Å². The summed E-state index contributed by atoms with van der Waals surface area (Å²) in [6, 6.07) is 8.86. The number of amides is 2. The van der Waals surface area contributed by atoms with Gasteiger partial charge in [0.1, 0.15) is 6.04 Å². The van der Waals surface area contributed by atoms with E-state index in [0.29, 0.717) is 6.42 Å². The van der Waals surface area contributed by atoms with Crippen LogP contribution in [-0.2, 0) is 19.1 Å². The highest BCUT2D eigenvalue weighted by atomic mass is 16.5. The van der Waals surface area contributed by atoms with Crippen LogP contribution in [0.5, 0.6) is 0 Å². The van der Waals surface area contributed by atoms with E-state index in [1.807, 2.05) is 37.3 Å². The number of methoxy groups -OCH3 is 1. The molecule has 0 spiro atoms. The van der Waals surface area contributed by atoms with Crippen LogP contribution in [0.2, 0.25) is 0 Å². The van der Waals surface area contributed by atoms with Crippen LogP contribution in [0.1, 0.15) is 70.4 Å². The predicted molar refractivity (Wildman–Crippen MR) is 105 cm³/mol. The molecule has 0 aliphatic heterocycles. The Morgan fingerprint density at radius 1 is 0.963 bits per heavy atom. The van der Waals surface area contributed by atoms with Gasteiger partial charge in [0.2, 0.25) is 11.8 Å². The average Bonchev–Trinajstić information content (AvgIpc) is 2.68. The van der Waals surface area contributed by atoms with Gasteiger partial charge >= 0.3 is 5.97 Å². The smallest absolute Gasteiger partial charge is 0.328 e. The molecule has 6 nitrogen and oxygen atoms in total. The summed E-state index contributed by atoms with van der Waals surface area (Å²) in [5.41, 5.74) is 1.01. The van der Waals surface area contributed by atoms with E-state index in [4.69, 9.17) is 4.74 Å². The molecule has 0 saturated heterocycles. The number of carbonyl (C=O) groups is 3. The Bertz CT molecular complexity index is 589. The fourth-order valence-electron chi connectivity index (χ4n) is 2.80. The molecule has 0 fully saturated rings. The first-order chi connectivity index (χ1) is 13.0. The van der Waals surface area contributed by atoms with E-state index in [0.717, 1.165) is 31.2 Å². The lowest BCUT2D eigenvalue weighted by Gasteiger charge is -2.17. The van der Waals surface area contributed by atoms with Gasteiger partial charge in [0.25, 0.3) is 0 Å². The van der Waals surface area contributed by atoms with Crippen molar-refractivity contribution in [2.75, 3.05) is 7.11 Å². The molecule has 1 aromatic rings. The van der Waals surface area contributed by atoms with Crippen LogP contribution < -0.4 is 10.6 Å². The maximum absolute atomic E-state index is 12.1. The molecule has 2 atom stereocenters. The Morgan fingerprint density at radius 2 is 1.59 bits per heavy atom. The van der Waals surface area contributed by atoms with Gasteiger partial charge in [-0.15, -0.1) is 0 Å². The molecule has 150 valence electrons. The highest BCUT2D eigenvalue weighted by molar-refractivity contribution is 5.87. The van der Waals surface area contributed by atoms with Crippen molar-refractivity contribution in [3.8, 4) is 0 Å². The maximum atomic E-state index is 12.1. The minimum atomic E-state index is -0.648. The van der Waals surface area contributed by atoms with Gasteiger partial charge in [-0.05, 0) is 18.9 Å². The molecule has 1 rings (SSSR count). The molecule has 0 saturated carbocycles. The minimum Gasteiger partial charge on any atom is -0.467 e. The van der Waals surface area contributed by atoms with Crippen molar-refractivity contribution in [2.45, 2.75) is 70.9 Å². The Morgan fingerprint density at radius 3 is 2.19 bits per heavy atom. The fraction of sp³-hybridized carbons (Fsp3) is 0.571. The number of ether oxygens (including phenoxy) is 1. The molecular formula is C21H32N2O4. The van der Waals surface area contributed by atoms with Crippen molar-refractivity contribution in [3.63, 3.8) is 0 Å². The zero-order valence-electron chi connectivity index (χ0n) is 16.6. The predicted octanol–water partition coefficient (Wildman–Crippen LogP) is 3.27. The Balaban J connectivity index is 2.39. The first-order valence-electron chi connectivity index (χ1n) is 9.69. The minimum absolute atomic E-state index is 0.0375. The van der Waals surface area contributed by atoms with Gasteiger partial charge in [-0.1, -0.05) is 62.9 Å². The van der Waals surface area contributed by atoms with Crippen LogP contribution in [0.4, 0.5) is 0 Å². The van der Waals surface area contributed by atoms with Crippen LogP contribution >= 0.6 is 0 Å². The van der Waals surface area contributed by atoms with Gasteiger partial charge < -0.3 is 15.4 Å². The third kappa shape index (κ3) is 9.22. The van der Waals surface area contributed by atoms with Gasteiger partial charge in [0.15, 0.2) is 0 Å². The van der Waals surface area contributed by atoms with E-state index in [1.54, 1.807) is 0 Å². The molecule has 2 N–H and O–H groups in total. The Labute approximate surface area is 162 Å². The van der Waals surface area contributed by atoms with E-state index in [2.05, 4.69) is 17.6 Å². The molecular weight excluding hydrogens is 344 g/mol. The van der Waals surface area contributed by atoms with Crippen molar-refractivity contribution in [2.24, 2.45) is 0 Å². The summed E-state index contributed by atoms with van der Waals surface area (Å²) in [5.74, 6) is -0.954. The molecule has 0 aliphatic carbocycles. The van der Waals surface area contributed by atoms with E-state index in [-0.39, 0.29) is 30.7 Å². The quantitative estimate of drug-likeness (QED) is 0.433. The lowest BCUT2D eigenvalue weighted by molar-refractivity contribution is -0.145. The van der Waals surface area contributed by atoms with Crippen molar-refractivity contribution >= 4 is 17.8 Å². The molecule has 0 aliphatic rings. The maximum Gasteiger partial charge on any atom is 0.328 e. The van der Waals surface area contributed by atoms with Crippen molar-refractivity contribution in [3.05, 3.63) is 35.9 Å². The van der Waals surface area contributed by atoms with Gasteiger partial charge in [-0.2, -0.15) is 0 Å². The van der Waals surface area contributed by atoms with Crippen LogP contribution in [0.25, 0.3) is 0 Å². The second-order valence-electron chi connectivity index (χ2n) is 6.69. The third-order valence-corrected chi connectivity index (χ3v) is 4.42. The molecule has 0 aromatic heterocycles. The van der Waals surface area contributed by atoms with Crippen LogP contribution in [-0.4, -0.2) is 30.9 Å². The van der Waals surface area contributed by atoms with Gasteiger partial charge in [-0.3, -0.25) is 9.59 Å². The van der Waals surface area contributed by atoms with Crippen LogP contribution in [0.15, 0.2) is 30.3 Å². The summed E-state index contributed by atoms with van der Waals surface area (Å²) >= 11 is 0. The fourth-order valence-corrected chi connectivity index (χ4v) is 2.80. The number of unbranched alkanes of at least 4 members (excludes halogenated alkanes) is 3. The molecule has 27 heavy (non-hydrogen) atoms. The molecule has 0 unspecified atom stereocenters. The summed E-state index contributed by atoms with van der Waals surface area (Å²) < 4.78 is 4.76. The van der Waals surface area contributed by atoms with Crippen molar-refractivity contribution in [1.82, 2.24) is 10.6 Å². The zero-order valence-corrected chi connectivity index (χ0v) is 16.6. The molecule has 0 heterocycles. The standard InChI is InChI=1S/C21H32N2O4/c1-4-5-6-10-13-18(21(26)27-3)23-20(25)15-14-19(24)22-16(2)17-11-8-7-9-12-17/h7-9,11-12,16,18H,4-6,10,13-15H2,1-3H3,(H,22,24)(H,23,25)/t16-,18-/m1/s1. The first-order valence-corrected chi connectivity index (χ1v) is 9.69. The second kappa shape index (κ2) is 12.9. The number of hydrogen-bond acceptors (Lipinski definition) is 4. The van der Waals surface area contributed by atoms with Gasteiger partial charge in [0.05, 0.1) is 13.2 Å². The lowest BCUT2D eigenvalue weighted by atomic mass is 10.1. The second-order valence-corrected chi connectivity index (χ2v) is 6.69. The SMILES string of the molecule is CCCCCC[C@@H](NC(=O)CCC(=O)N[C@H](C)c1ccccc1)C(=O)OC. The summed E-state index contributed by atoms with van der Waals surface area (Å²) in [4.78, 5) is 36.0. The summed E-state index contributed by atoms with van der Waals surface area (Å²) in [5, 5.41) is 5.57.